The molecule has 0 aromatic heterocycles. The van der Waals surface area contributed by atoms with Crippen LogP contribution in [0.3, 0.4) is 0 Å². The number of hydrogen-bond donors (Lipinski definition) is 1. The number of unbranched alkanes of at least 4 members (excludes halogenated alkanes) is 13. The van der Waals surface area contributed by atoms with E-state index >= 15 is 0 Å². The third kappa shape index (κ3) is 70.4. The maximum Gasteiger partial charge on any atom is 0.306 e. The molecule has 0 aliphatic heterocycles. The van der Waals surface area contributed by atoms with E-state index in [0.717, 1.165) is 154 Å². The van der Waals surface area contributed by atoms with Gasteiger partial charge in [0.1, 0.15) is 6.61 Å². The van der Waals surface area contributed by atoms with Crippen molar-refractivity contribution in [3.63, 3.8) is 0 Å². The maximum absolute atomic E-state index is 12.3. The highest BCUT2D eigenvalue weighted by Crippen LogP contribution is 2.14. The van der Waals surface area contributed by atoms with E-state index in [2.05, 4.69) is 245 Å². The normalized spacial score (nSPS) is 13.8. The van der Waals surface area contributed by atoms with Crippen LogP contribution in [0.15, 0.2) is 231 Å². The minimum Gasteiger partial charge on any atom is -0.462 e. The Morgan fingerprint density at radius 1 is 0.267 bits per heavy atom. The van der Waals surface area contributed by atoms with Crippen molar-refractivity contribution in [3.05, 3.63) is 231 Å². The summed E-state index contributed by atoms with van der Waals surface area (Å²) in [4.78, 5) is 24.6. The first-order chi connectivity index (χ1) is 42.6. The summed E-state index contributed by atoms with van der Waals surface area (Å²) in [5.41, 5.74) is 0. The van der Waals surface area contributed by atoms with Gasteiger partial charge in [0, 0.05) is 12.8 Å². The molecule has 0 aliphatic rings. The summed E-state index contributed by atoms with van der Waals surface area (Å²) in [5, 5.41) is 9.69. The van der Waals surface area contributed by atoms with Crippen LogP contribution in [0.4, 0.5) is 0 Å². The van der Waals surface area contributed by atoms with Crippen molar-refractivity contribution >= 4 is 11.9 Å². The molecule has 0 aromatic carbocycles. The zero-order valence-electron chi connectivity index (χ0n) is 54.5. The zero-order chi connectivity index (χ0) is 61.9. The van der Waals surface area contributed by atoms with Gasteiger partial charge in [0.25, 0.3) is 0 Å². The van der Waals surface area contributed by atoms with Gasteiger partial charge in [0.15, 0.2) is 6.10 Å². The lowest BCUT2D eigenvalue weighted by molar-refractivity contribution is -0.161. The van der Waals surface area contributed by atoms with Gasteiger partial charge in [0.05, 0.1) is 6.61 Å². The van der Waals surface area contributed by atoms with E-state index in [4.69, 9.17) is 9.47 Å². The second-order valence-electron chi connectivity index (χ2n) is 21.4. The van der Waals surface area contributed by atoms with Crippen LogP contribution in [0.5, 0.6) is 0 Å². The first-order valence-corrected chi connectivity index (χ1v) is 33.9. The van der Waals surface area contributed by atoms with E-state index in [0.29, 0.717) is 12.8 Å². The molecule has 0 amide bonds. The van der Waals surface area contributed by atoms with E-state index in [1.165, 1.54) is 57.8 Å². The minimum absolute atomic E-state index is 0.101. The summed E-state index contributed by atoms with van der Waals surface area (Å²) >= 11 is 0. The SMILES string of the molecule is CC/C=C\C/C=C\C/C=C\C/C=C\C/C=C\C/C=C\C/C=C\C/C=C\C/C=C\C/C=C\CCCCC(=O)OC(CO)COC(=O)CCCCCCCCCCCCC/C=C\C/C=C\C/C=C\C/C=C\C/C=C\C/C=C\C/C=C\C/C=C\C/C=C\CC. The summed E-state index contributed by atoms with van der Waals surface area (Å²) in [7, 11) is 0. The molecule has 0 heterocycles. The van der Waals surface area contributed by atoms with Crippen molar-refractivity contribution in [1.29, 1.82) is 0 Å². The number of esters is 2. The molecule has 0 fully saturated rings. The fraction of sp³-hybridized carbons (Fsp3) is 0.506. The van der Waals surface area contributed by atoms with Gasteiger partial charge in [-0.05, 0) is 161 Å². The van der Waals surface area contributed by atoms with Crippen LogP contribution in [-0.4, -0.2) is 36.4 Å². The van der Waals surface area contributed by atoms with Gasteiger partial charge < -0.3 is 14.6 Å². The average Bonchev–Trinajstić information content (AvgIpc) is 3.55. The highest BCUT2D eigenvalue weighted by atomic mass is 16.6. The molecular formula is C81H122O5. The number of aliphatic hydroxyl groups is 1. The number of hydrogen-bond acceptors (Lipinski definition) is 5. The summed E-state index contributed by atoms with van der Waals surface area (Å²) in [5.74, 6) is -0.662. The van der Waals surface area contributed by atoms with Crippen LogP contribution >= 0.6 is 0 Å². The quantitative estimate of drug-likeness (QED) is 0.0373. The van der Waals surface area contributed by atoms with Gasteiger partial charge in [-0.25, -0.2) is 0 Å². The number of carbonyl (C=O) groups excluding carboxylic acids is 2. The second-order valence-corrected chi connectivity index (χ2v) is 21.4. The highest BCUT2D eigenvalue weighted by Gasteiger charge is 2.16. The van der Waals surface area contributed by atoms with Crippen LogP contribution in [0, 0.1) is 0 Å². The Hall–Kier alpha value is -6.04. The first kappa shape index (κ1) is 80.0. The fourth-order valence-corrected chi connectivity index (χ4v) is 8.46. The molecule has 0 spiro atoms. The number of carbonyl (C=O) groups is 2. The summed E-state index contributed by atoms with van der Waals surface area (Å²) in [6, 6.07) is 0. The molecule has 1 unspecified atom stereocenters. The van der Waals surface area contributed by atoms with Gasteiger partial charge in [0.2, 0.25) is 0 Å². The predicted molar refractivity (Wildman–Crippen MR) is 379 cm³/mol. The minimum atomic E-state index is -0.817. The number of rotatable bonds is 59. The topological polar surface area (TPSA) is 72.8 Å². The Labute approximate surface area is 528 Å². The van der Waals surface area contributed by atoms with Crippen LogP contribution in [-0.2, 0) is 19.1 Å². The lowest BCUT2D eigenvalue weighted by atomic mass is 10.0. The molecule has 5 nitrogen and oxygen atoms in total. The van der Waals surface area contributed by atoms with Crippen LogP contribution in [0.2, 0.25) is 0 Å². The van der Waals surface area contributed by atoms with Crippen molar-refractivity contribution in [2.75, 3.05) is 13.2 Å². The van der Waals surface area contributed by atoms with E-state index < -0.39 is 6.10 Å². The molecule has 5 heteroatoms. The van der Waals surface area contributed by atoms with E-state index in [1.54, 1.807) is 0 Å². The summed E-state index contributed by atoms with van der Waals surface area (Å²) < 4.78 is 10.7. The van der Waals surface area contributed by atoms with Gasteiger partial charge in [-0.3, -0.25) is 9.59 Å². The summed E-state index contributed by atoms with van der Waals surface area (Å²) in [6.45, 7) is 3.86. The van der Waals surface area contributed by atoms with Crippen molar-refractivity contribution in [3.8, 4) is 0 Å². The van der Waals surface area contributed by atoms with Crippen molar-refractivity contribution in [2.45, 2.75) is 251 Å². The maximum atomic E-state index is 12.3. The zero-order valence-corrected chi connectivity index (χ0v) is 54.5. The fourth-order valence-electron chi connectivity index (χ4n) is 8.46. The molecule has 86 heavy (non-hydrogen) atoms. The Morgan fingerprint density at radius 3 is 0.721 bits per heavy atom. The van der Waals surface area contributed by atoms with Crippen LogP contribution in [0.1, 0.15) is 245 Å². The molecule has 1 atom stereocenters. The van der Waals surface area contributed by atoms with Crippen molar-refractivity contribution in [2.24, 2.45) is 0 Å². The monoisotopic (exact) mass is 1170 g/mol. The number of aliphatic hydroxyl groups excluding tert-OH is 1. The first-order valence-electron chi connectivity index (χ1n) is 33.9. The van der Waals surface area contributed by atoms with Gasteiger partial charge in [-0.2, -0.15) is 0 Å². The average molecular weight is 1180 g/mol. The summed E-state index contributed by atoms with van der Waals surface area (Å²) in [6.07, 6.45) is 120. The molecule has 0 rings (SSSR count). The standard InChI is InChI=1S/C81H122O5/c1-3-5-7-9-11-13-15-17-19-21-23-25-27-29-31-33-35-37-38-39-40-41-42-44-45-47-49-51-53-55-57-59-61-63-65-67-69-71-73-75-80(83)85-78-79(77-82)86-81(84)76-74-72-70-68-66-64-62-60-58-56-54-52-50-48-46-43-36-34-32-30-28-26-24-22-20-18-16-14-12-10-8-6-4-2/h5-8,11-14,17-20,23-26,29-32,35-37,39-40,42-44,47-50,54,56,60,62,66,68,79,82H,3-4,9-10,15-16,21-22,27-28,33-34,38,41,45-46,51-53,55,57-59,61,63-65,67,69-78H2,1-2H3/b7-5-,8-6-,13-11-,14-12-,19-17-,20-18-,25-23-,26-24-,31-29-,32-30-,37-35-,40-39-,43-36-,44-42-,49-47-,50-48-,56-54-,62-60-,68-66-. The van der Waals surface area contributed by atoms with E-state index in [-0.39, 0.29) is 31.6 Å². The third-order valence-electron chi connectivity index (χ3n) is 13.5. The molecular weight excluding hydrogens is 1050 g/mol. The number of allylic oxidation sites excluding steroid dienone is 38. The third-order valence-corrected chi connectivity index (χ3v) is 13.5. The highest BCUT2D eigenvalue weighted by molar-refractivity contribution is 5.70. The van der Waals surface area contributed by atoms with E-state index in [9.17, 15) is 14.7 Å². The largest absolute Gasteiger partial charge is 0.462 e. The predicted octanol–water partition coefficient (Wildman–Crippen LogP) is 24.1. The lowest BCUT2D eigenvalue weighted by Gasteiger charge is -2.15. The second kappa shape index (κ2) is 73.2. The molecule has 476 valence electrons. The molecule has 1 N–H and O–H groups in total. The molecule has 0 radical (unpaired) electrons. The Morgan fingerprint density at radius 2 is 0.465 bits per heavy atom. The van der Waals surface area contributed by atoms with Crippen molar-refractivity contribution in [1.82, 2.24) is 0 Å². The van der Waals surface area contributed by atoms with Crippen LogP contribution in [0.25, 0.3) is 0 Å². The van der Waals surface area contributed by atoms with E-state index in [1.807, 2.05) is 0 Å². The lowest BCUT2D eigenvalue weighted by Crippen LogP contribution is -2.28. The van der Waals surface area contributed by atoms with Crippen molar-refractivity contribution < 1.29 is 24.2 Å². The Balaban J connectivity index is 3.67. The number of ether oxygens (including phenoxy) is 2. The van der Waals surface area contributed by atoms with Gasteiger partial charge >= 0.3 is 11.9 Å². The molecule has 0 aromatic rings. The molecule has 0 aliphatic carbocycles. The smallest absolute Gasteiger partial charge is 0.306 e. The molecule has 0 saturated carbocycles. The van der Waals surface area contributed by atoms with Gasteiger partial charge in [-0.1, -0.05) is 303 Å². The Bertz CT molecular complexity index is 2110. The van der Waals surface area contributed by atoms with Gasteiger partial charge in [-0.15, -0.1) is 0 Å². The van der Waals surface area contributed by atoms with Crippen LogP contribution < -0.4 is 0 Å². The Kier molecular flexibility index (Phi) is 68.1. The molecule has 0 saturated heterocycles. The molecule has 0 bridgehead atoms.